The van der Waals surface area contributed by atoms with Crippen LogP contribution in [0.3, 0.4) is 0 Å². The molecule has 1 nitrogen and oxygen atoms in total. The van der Waals surface area contributed by atoms with E-state index in [-0.39, 0.29) is 0 Å². The molecule has 18 heavy (non-hydrogen) atoms. The fourth-order valence-electron chi connectivity index (χ4n) is 1.94. The van der Waals surface area contributed by atoms with Crippen molar-refractivity contribution in [2.45, 2.75) is 66.8 Å². The highest BCUT2D eigenvalue weighted by molar-refractivity contribution is 5.02. The largest absolute Gasteiger partial charge is 0.372 e. The fraction of sp³-hybridized carbons (Fsp3) is 0.765. The summed E-state index contributed by atoms with van der Waals surface area (Å²) in [6, 6.07) is 0.387. The average molecular weight is 251 g/mol. The summed E-state index contributed by atoms with van der Waals surface area (Å²) in [4.78, 5) is 2.30. The Morgan fingerprint density at radius 1 is 1.11 bits per heavy atom. The quantitative estimate of drug-likeness (QED) is 0.583. The Morgan fingerprint density at radius 2 is 1.61 bits per heavy atom. The molecule has 0 aromatic carbocycles. The van der Waals surface area contributed by atoms with E-state index in [4.69, 9.17) is 0 Å². The molecule has 0 N–H and O–H groups in total. The van der Waals surface area contributed by atoms with E-state index < -0.39 is 0 Å². The minimum Gasteiger partial charge on any atom is -0.372 e. The Hall–Kier alpha value is -0.720. The molecule has 0 fully saturated rings. The van der Waals surface area contributed by atoms with Crippen LogP contribution in [-0.2, 0) is 0 Å². The van der Waals surface area contributed by atoms with Crippen molar-refractivity contribution in [1.82, 2.24) is 4.90 Å². The molecule has 0 saturated carbocycles. The highest BCUT2D eigenvalue weighted by atomic mass is 15.1. The summed E-state index contributed by atoms with van der Waals surface area (Å²) in [6.45, 7) is 21.9. The number of allylic oxidation sites excluding steroid dienone is 1. The van der Waals surface area contributed by atoms with Gasteiger partial charge < -0.3 is 4.90 Å². The van der Waals surface area contributed by atoms with Crippen LogP contribution >= 0.6 is 0 Å². The van der Waals surface area contributed by atoms with Gasteiger partial charge in [-0.15, -0.1) is 6.58 Å². The topological polar surface area (TPSA) is 3.24 Å². The van der Waals surface area contributed by atoms with Gasteiger partial charge >= 0.3 is 0 Å². The monoisotopic (exact) mass is 251 g/mol. The van der Waals surface area contributed by atoms with Crippen molar-refractivity contribution < 1.29 is 0 Å². The molecule has 0 saturated heterocycles. The predicted octanol–water partition coefficient (Wildman–Crippen LogP) is 5.25. The molecule has 0 spiro atoms. The Kier molecular flexibility index (Phi) is 6.19. The summed E-state index contributed by atoms with van der Waals surface area (Å²) >= 11 is 0. The van der Waals surface area contributed by atoms with Crippen LogP contribution in [0.2, 0.25) is 0 Å². The molecule has 1 unspecified atom stereocenters. The maximum atomic E-state index is 4.23. The van der Waals surface area contributed by atoms with Crippen molar-refractivity contribution in [1.29, 1.82) is 0 Å². The maximum Gasteiger partial charge on any atom is 0.0469 e. The van der Waals surface area contributed by atoms with Crippen LogP contribution in [0, 0.1) is 10.8 Å². The van der Waals surface area contributed by atoms with E-state index in [1.807, 2.05) is 6.08 Å². The van der Waals surface area contributed by atoms with Gasteiger partial charge in [-0.25, -0.2) is 0 Å². The Balaban J connectivity index is 4.46. The molecule has 0 aliphatic heterocycles. The van der Waals surface area contributed by atoms with Crippen LogP contribution in [0.15, 0.2) is 24.9 Å². The van der Waals surface area contributed by atoms with Gasteiger partial charge in [-0.1, -0.05) is 54.2 Å². The van der Waals surface area contributed by atoms with E-state index in [2.05, 4.69) is 66.6 Å². The lowest BCUT2D eigenvalue weighted by Crippen LogP contribution is -2.32. The molecular formula is C17H33N. The van der Waals surface area contributed by atoms with Gasteiger partial charge in [0, 0.05) is 18.8 Å². The first-order valence-corrected chi connectivity index (χ1v) is 6.99. The first-order valence-electron chi connectivity index (χ1n) is 6.99. The van der Waals surface area contributed by atoms with Crippen LogP contribution in [0.1, 0.15) is 60.8 Å². The van der Waals surface area contributed by atoms with Gasteiger partial charge in [0.2, 0.25) is 0 Å². The normalized spacial score (nSPS) is 14.2. The number of likely N-dealkylation sites (N-methyl/N-ethyl adjacent to an activating group) is 1. The third-order valence-corrected chi connectivity index (χ3v) is 3.25. The van der Waals surface area contributed by atoms with E-state index in [0.717, 1.165) is 12.8 Å². The van der Waals surface area contributed by atoms with Gasteiger partial charge in [0.15, 0.2) is 0 Å². The van der Waals surface area contributed by atoms with Gasteiger partial charge in [-0.05, 0) is 30.1 Å². The number of nitrogens with zero attached hydrogens (tertiary/aromatic N) is 1. The lowest BCUT2D eigenvalue weighted by molar-refractivity contribution is 0.240. The van der Waals surface area contributed by atoms with Crippen molar-refractivity contribution in [2.24, 2.45) is 10.8 Å². The molecular weight excluding hydrogens is 218 g/mol. The van der Waals surface area contributed by atoms with E-state index >= 15 is 0 Å². The fourth-order valence-corrected chi connectivity index (χ4v) is 1.94. The van der Waals surface area contributed by atoms with Crippen molar-refractivity contribution in [3.8, 4) is 0 Å². The predicted molar refractivity (Wildman–Crippen MR) is 83.6 cm³/mol. The first kappa shape index (κ1) is 17.3. The molecule has 1 heteroatoms. The van der Waals surface area contributed by atoms with Crippen molar-refractivity contribution in [2.75, 3.05) is 7.05 Å². The molecule has 0 rings (SSSR count). The summed E-state index contributed by atoms with van der Waals surface area (Å²) in [6.07, 6.45) is 5.40. The molecule has 0 radical (unpaired) electrons. The smallest absolute Gasteiger partial charge is 0.0469 e. The molecule has 0 aromatic rings. The zero-order chi connectivity index (χ0) is 14.6. The van der Waals surface area contributed by atoms with E-state index in [1.54, 1.807) is 0 Å². The van der Waals surface area contributed by atoms with Gasteiger partial charge in [0.25, 0.3) is 0 Å². The number of hydrogen-bond acceptors (Lipinski definition) is 1. The van der Waals surface area contributed by atoms with Crippen molar-refractivity contribution in [3.63, 3.8) is 0 Å². The van der Waals surface area contributed by atoms with Crippen LogP contribution in [-0.4, -0.2) is 18.0 Å². The summed E-state index contributed by atoms with van der Waals surface area (Å²) in [5, 5.41) is 0. The number of hydrogen-bond donors (Lipinski definition) is 0. The summed E-state index contributed by atoms with van der Waals surface area (Å²) in [7, 11) is 2.14. The first-order chi connectivity index (χ1) is 7.96. The average Bonchev–Trinajstić information content (AvgIpc) is 2.19. The van der Waals surface area contributed by atoms with Gasteiger partial charge in [0.1, 0.15) is 0 Å². The highest BCUT2D eigenvalue weighted by Crippen LogP contribution is 2.28. The zero-order valence-electron chi connectivity index (χ0n) is 13.6. The molecule has 0 amide bonds. The van der Waals surface area contributed by atoms with E-state index in [1.165, 1.54) is 12.1 Å². The Morgan fingerprint density at radius 3 is 1.94 bits per heavy atom. The zero-order valence-corrected chi connectivity index (χ0v) is 13.6. The van der Waals surface area contributed by atoms with Crippen LogP contribution in [0.5, 0.6) is 0 Å². The van der Waals surface area contributed by atoms with Crippen molar-refractivity contribution in [3.05, 3.63) is 24.9 Å². The van der Waals surface area contributed by atoms with Gasteiger partial charge in [-0.2, -0.15) is 0 Å². The summed E-state index contributed by atoms with van der Waals surface area (Å²) < 4.78 is 0. The Labute approximate surface area is 115 Å². The second-order valence-electron chi connectivity index (χ2n) is 7.81. The molecule has 1 atom stereocenters. The second-order valence-corrected chi connectivity index (χ2v) is 7.81. The molecule has 0 aliphatic rings. The van der Waals surface area contributed by atoms with Crippen molar-refractivity contribution >= 4 is 0 Å². The minimum absolute atomic E-state index is 0.317. The lowest BCUT2D eigenvalue weighted by Gasteiger charge is -2.34. The third-order valence-electron chi connectivity index (χ3n) is 3.25. The molecule has 0 bridgehead atoms. The summed E-state index contributed by atoms with van der Waals surface area (Å²) in [5.74, 6) is 0. The van der Waals surface area contributed by atoms with E-state index in [9.17, 15) is 0 Å². The minimum atomic E-state index is 0.317. The third kappa shape index (κ3) is 7.58. The van der Waals surface area contributed by atoms with E-state index in [0.29, 0.717) is 16.9 Å². The lowest BCUT2D eigenvalue weighted by atomic mass is 9.86. The molecule has 0 heterocycles. The number of rotatable bonds is 6. The van der Waals surface area contributed by atoms with Crippen LogP contribution in [0.4, 0.5) is 0 Å². The van der Waals surface area contributed by atoms with Crippen LogP contribution in [0.25, 0.3) is 0 Å². The maximum absolute atomic E-state index is 4.23. The second kappa shape index (κ2) is 6.45. The summed E-state index contributed by atoms with van der Waals surface area (Å²) in [5.41, 5.74) is 1.91. The highest BCUT2D eigenvalue weighted by Gasteiger charge is 2.21. The van der Waals surface area contributed by atoms with Crippen LogP contribution < -0.4 is 0 Å². The van der Waals surface area contributed by atoms with Gasteiger partial charge in [-0.3, -0.25) is 0 Å². The Bertz CT molecular complexity index is 275. The SMILES string of the molecule is C=CC(CC(C)(C)C)N(C)C(=C)CCC(C)(C)C. The van der Waals surface area contributed by atoms with Gasteiger partial charge in [0.05, 0.1) is 0 Å². The molecule has 0 aliphatic carbocycles. The standard InChI is InChI=1S/C17H33N/c1-10-15(13-17(6,7)8)18(9)14(2)11-12-16(3,4)5/h10,15H,1-2,11-13H2,3-9H3. The molecule has 0 aromatic heterocycles. The molecule has 106 valence electrons.